The highest BCUT2D eigenvalue weighted by atomic mass is 79.9. The molecule has 0 bridgehead atoms. The predicted octanol–water partition coefficient (Wildman–Crippen LogP) is 6.01. The van der Waals surface area contributed by atoms with Gasteiger partial charge < -0.3 is 9.47 Å². The number of esters is 2. The molecule has 3 rings (SSSR count). The molecule has 154 valence electrons. The minimum absolute atomic E-state index is 0.295. The second-order valence-corrected chi connectivity index (χ2v) is 6.74. The van der Waals surface area contributed by atoms with Gasteiger partial charge in [0, 0.05) is 5.33 Å². The molecule has 0 atom stereocenters. The van der Waals surface area contributed by atoms with Gasteiger partial charge in [-0.25, -0.2) is 9.59 Å². The van der Waals surface area contributed by atoms with Gasteiger partial charge in [0.05, 0.1) is 25.3 Å². The van der Waals surface area contributed by atoms with Gasteiger partial charge in [-0.05, 0) is 41.0 Å². The zero-order chi connectivity index (χ0) is 21.8. The molecule has 0 aliphatic carbocycles. The average molecular weight is 467 g/mol. The number of hydrogen-bond donors (Lipinski definition) is 0. The van der Waals surface area contributed by atoms with Crippen LogP contribution < -0.4 is 0 Å². The van der Waals surface area contributed by atoms with Crippen LogP contribution in [-0.2, 0) is 14.8 Å². The van der Waals surface area contributed by atoms with Gasteiger partial charge in [-0.3, -0.25) is 0 Å². The number of alkyl halides is 1. The van der Waals surface area contributed by atoms with Crippen molar-refractivity contribution in [2.24, 2.45) is 0 Å². The van der Waals surface area contributed by atoms with Gasteiger partial charge in [0.2, 0.25) is 0 Å². The predicted molar refractivity (Wildman–Crippen MR) is 124 cm³/mol. The lowest BCUT2D eigenvalue weighted by Crippen LogP contribution is -2.00. The summed E-state index contributed by atoms with van der Waals surface area (Å²) < 4.78 is 9.21. The first-order chi connectivity index (χ1) is 14.6. The second kappa shape index (κ2) is 12.4. The van der Waals surface area contributed by atoms with Crippen molar-refractivity contribution in [2.45, 2.75) is 5.33 Å². The standard InChI is InChI=1S/C16H14O2.C9H9BrO2/c1-18-16(17)15-11-9-14(10-12-15)8-7-13-5-3-2-4-6-13;1-12-9(11)8-4-2-7(6-10)3-5-8/h2-12H,1H3;2-5H,6H2,1H3/b8-7+;. The van der Waals surface area contributed by atoms with Gasteiger partial charge in [0.1, 0.15) is 0 Å². The van der Waals surface area contributed by atoms with Gasteiger partial charge >= 0.3 is 11.9 Å². The maximum Gasteiger partial charge on any atom is 0.337 e. The number of halogens is 1. The lowest BCUT2D eigenvalue weighted by atomic mass is 10.1. The Morgan fingerprint density at radius 1 is 0.700 bits per heavy atom. The molecule has 0 saturated heterocycles. The molecule has 0 aromatic heterocycles. The summed E-state index contributed by atoms with van der Waals surface area (Å²) in [5.74, 6) is -0.607. The Labute approximate surface area is 185 Å². The van der Waals surface area contributed by atoms with Crippen LogP contribution in [0, 0.1) is 0 Å². The first-order valence-corrected chi connectivity index (χ1v) is 10.3. The van der Waals surface area contributed by atoms with Gasteiger partial charge in [0.15, 0.2) is 0 Å². The zero-order valence-electron chi connectivity index (χ0n) is 16.9. The van der Waals surface area contributed by atoms with Crippen LogP contribution in [0.5, 0.6) is 0 Å². The fourth-order valence-electron chi connectivity index (χ4n) is 2.45. The van der Waals surface area contributed by atoms with E-state index in [4.69, 9.17) is 0 Å². The summed E-state index contributed by atoms with van der Waals surface area (Å²) in [5, 5.41) is 0.800. The molecule has 5 heteroatoms. The van der Waals surface area contributed by atoms with E-state index in [0.717, 1.165) is 22.0 Å². The molecule has 0 aliphatic heterocycles. The van der Waals surface area contributed by atoms with E-state index in [1.165, 1.54) is 14.2 Å². The van der Waals surface area contributed by atoms with Crippen molar-refractivity contribution in [2.75, 3.05) is 14.2 Å². The minimum Gasteiger partial charge on any atom is -0.465 e. The molecule has 0 aliphatic rings. The van der Waals surface area contributed by atoms with E-state index in [1.807, 2.05) is 66.7 Å². The Hall–Kier alpha value is -3.18. The Kier molecular flexibility index (Phi) is 9.55. The highest BCUT2D eigenvalue weighted by Crippen LogP contribution is 2.10. The molecule has 3 aromatic carbocycles. The van der Waals surface area contributed by atoms with E-state index >= 15 is 0 Å². The van der Waals surface area contributed by atoms with Crippen LogP contribution in [0.3, 0.4) is 0 Å². The van der Waals surface area contributed by atoms with Gasteiger partial charge in [0.25, 0.3) is 0 Å². The number of methoxy groups -OCH3 is 2. The molecular formula is C25H23BrO4. The van der Waals surface area contributed by atoms with E-state index in [2.05, 4.69) is 25.4 Å². The lowest BCUT2D eigenvalue weighted by Gasteiger charge is -1.99. The largest absolute Gasteiger partial charge is 0.465 e. The summed E-state index contributed by atoms with van der Waals surface area (Å²) in [6, 6.07) is 24.7. The number of ether oxygens (including phenoxy) is 2. The van der Waals surface area contributed by atoms with Crippen molar-refractivity contribution in [1.29, 1.82) is 0 Å². The number of rotatable bonds is 5. The average Bonchev–Trinajstić information content (AvgIpc) is 2.83. The summed E-state index contributed by atoms with van der Waals surface area (Å²) in [6.45, 7) is 0. The first kappa shape index (κ1) is 23.1. The first-order valence-electron chi connectivity index (χ1n) is 9.22. The van der Waals surface area contributed by atoms with E-state index in [-0.39, 0.29) is 11.9 Å². The maximum absolute atomic E-state index is 11.3. The Morgan fingerprint density at radius 2 is 1.13 bits per heavy atom. The van der Waals surface area contributed by atoms with Crippen LogP contribution in [0.1, 0.15) is 37.4 Å². The molecule has 0 fully saturated rings. The fraction of sp³-hybridized carbons (Fsp3) is 0.120. The minimum atomic E-state index is -0.311. The Balaban J connectivity index is 0.000000232. The van der Waals surface area contributed by atoms with Crippen LogP contribution in [0.4, 0.5) is 0 Å². The topological polar surface area (TPSA) is 52.6 Å². The smallest absolute Gasteiger partial charge is 0.337 e. The van der Waals surface area contributed by atoms with E-state index in [9.17, 15) is 9.59 Å². The molecule has 0 unspecified atom stereocenters. The van der Waals surface area contributed by atoms with Crippen molar-refractivity contribution in [3.63, 3.8) is 0 Å². The van der Waals surface area contributed by atoms with E-state index in [0.29, 0.717) is 11.1 Å². The monoisotopic (exact) mass is 466 g/mol. The lowest BCUT2D eigenvalue weighted by molar-refractivity contribution is 0.0592. The summed E-state index contributed by atoms with van der Waals surface area (Å²) in [5.41, 5.74) is 4.49. The fourth-order valence-corrected chi connectivity index (χ4v) is 2.83. The second-order valence-electron chi connectivity index (χ2n) is 6.18. The van der Waals surface area contributed by atoms with Crippen molar-refractivity contribution >= 4 is 40.0 Å². The van der Waals surface area contributed by atoms with Crippen LogP contribution in [-0.4, -0.2) is 26.2 Å². The van der Waals surface area contributed by atoms with Crippen LogP contribution in [0.2, 0.25) is 0 Å². The summed E-state index contributed by atoms with van der Waals surface area (Å²) in [7, 11) is 2.76. The van der Waals surface area contributed by atoms with Gasteiger partial charge in [-0.2, -0.15) is 0 Å². The SMILES string of the molecule is COC(=O)c1ccc(/C=C/c2ccccc2)cc1.COC(=O)c1ccc(CBr)cc1. The normalized spacial score (nSPS) is 10.1. The van der Waals surface area contributed by atoms with Gasteiger partial charge in [-0.1, -0.05) is 82.7 Å². The van der Waals surface area contributed by atoms with Crippen LogP contribution >= 0.6 is 15.9 Å². The third-order valence-corrected chi connectivity index (χ3v) is 4.78. The highest BCUT2D eigenvalue weighted by molar-refractivity contribution is 9.08. The van der Waals surface area contributed by atoms with Crippen molar-refractivity contribution in [3.8, 4) is 0 Å². The molecule has 0 heterocycles. The van der Waals surface area contributed by atoms with Crippen molar-refractivity contribution in [1.82, 2.24) is 0 Å². The summed E-state index contributed by atoms with van der Waals surface area (Å²) in [4.78, 5) is 22.2. The molecular weight excluding hydrogens is 444 g/mol. The summed E-state index contributed by atoms with van der Waals surface area (Å²) in [6.07, 6.45) is 4.05. The quantitative estimate of drug-likeness (QED) is 0.262. The summed E-state index contributed by atoms with van der Waals surface area (Å²) >= 11 is 3.32. The molecule has 0 radical (unpaired) electrons. The van der Waals surface area contributed by atoms with E-state index in [1.54, 1.807) is 24.3 Å². The van der Waals surface area contributed by atoms with Crippen molar-refractivity contribution in [3.05, 3.63) is 107 Å². The Morgan fingerprint density at radius 3 is 1.57 bits per heavy atom. The molecule has 0 amide bonds. The highest BCUT2D eigenvalue weighted by Gasteiger charge is 2.03. The van der Waals surface area contributed by atoms with Crippen LogP contribution in [0.15, 0.2) is 78.9 Å². The van der Waals surface area contributed by atoms with Crippen LogP contribution in [0.25, 0.3) is 12.2 Å². The molecule has 0 saturated carbocycles. The number of hydrogen-bond acceptors (Lipinski definition) is 4. The molecule has 0 spiro atoms. The maximum atomic E-state index is 11.3. The van der Waals surface area contributed by atoms with Gasteiger partial charge in [-0.15, -0.1) is 0 Å². The number of carbonyl (C=O) groups excluding carboxylic acids is 2. The van der Waals surface area contributed by atoms with E-state index < -0.39 is 0 Å². The third kappa shape index (κ3) is 7.33. The number of benzene rings is 3. The number of carbonyl (C=O) groups is 2. The Bertz CT molecular complexity index is 962. The molecule has 0 N–H and O–H groups in total. The zero-order valence-corrected chi connectivity index (χ0v) is 18.5. The molecule has 30 heavy (non-hydrogen) atoms. The van der Waals surface area contributed by atoms with Crippen molar-refractivity contribution < 1.29 is 19.1 Å². The third-order valence-electron chi connectivity index (χ3n) is 4.13. The molecule has 4 nitrogen and oxygen atoms in total. The molecule has 3 aromatic rings.